The van der Waals surface area contributed by atoms with Gasteiger partial charge in [-0.1, -0.05) is 20.3 Å². The summed E-state index contributed by atoms with van der Waals surface area (Å²) in [5, 5.41) is 13.7. The second-order valence-electron chi connectivity index (χ2n) is 3.57. The predicted molar refractivity (Wildman–Crippen MR) is 57.8 cm³/mol. The molecule has 2 unspecified atom stereocenters. The molecular formula is C10H20N2O3. The quantitative estimate of drug-likeness (QED) is 0.627. The van der Waals surface area contributed by atoms with Crippen LogP contribution in [0.4, 0.5) is 4.79 Å². The fourth-order valence-electron chi connectivity index (χ4n) is 1.21. The molecule has 5 heteroatoms. The maximum absolute atomic E-state index is 11.3. The largest absolute Gasteiger partial charge is 0.480 e. The molecule has 2 atom stereocenters. The maximum Gasteiger partial charge on any atom is 0.325 e. The van der Waals surface area contributed by atoms with Crippen LogP contribution in [0.2, 0.25) is 0 Å². The van der Waals surface area contributed by atoms with Crippen LogP contribution >= 0.6 is 0 Å². The van der Waals surface area contributed by atoms with Gasteiger partial charge in [0.1, 0.15) is 6.04 Å². The fourth-order valence-corrected chi connectivity index (χ4v) is 1.21. The first kappa shape index (κ1) is 13.7. The number of hydrogen-bond acceptors (Lipinski definition) is 2. The zero-order valence-electron chi connectivity index (χ0n) is 9.54. The van der Waals surface area contributed by atoms with Crippen LogP contribution in [0.1, 0.15) is 40.0 Å². The minimum absolute atomic E-state index is 0.121. The average molecular weight is 216 g/mol. The molecule has 0 saturated carbocycles. The van der Waals surface area contributed by atoms with E-state index in [0.717, 1.165) is 19.3 Å². The molecule has 0 aliphatic carbocycles. The Morgan fingerprint density at radius 3 is 2.27 bits per heavy atom. The SMILES string of the molecule is CCCC(CC)NC(=O)NC(C)C(=O)O. The number of hydrogen-bond donors (Lipinski definition) is 3. The van der Waals surface area contributed by atoms with E-state index in [-0.39, 0.29) is 6.04 Å². The molecule has 0 heterocycles. The number of nitrogens with one attached hydrogen (secondary N) is 2. The number of rotatable bonds is 6. The van der Waals surface area contributed by atoms with Crippen LogP contribution in [0.25, 0.3) is 0 Å². The molecular weight excluding hydrogens is 196 g/mol. The molecule has 88 valence electrons. The first-order chi connectivity index (χ1) is 7.01. The van der Waals surface area contributed by atoms with Gasteiger partial charge in [-0.3, -0.25) is 4.79 Å². The number of carboxylic acids is 1. The Balaban J connectivity index is 3.95. The summed E-state index contributed by atoms with van der Waals surface area (Å²) in [5.74, 6) is -1.03. The van der Waals surface area contributed by atoms with Crippen LogP contribution in [-0.2, 0) is 4.79 Å². The Hall–Kier alpha value is -1.26. The molecule has 15 heavy (non-hydrogen) atoms. The molecule has 3 N–H and O–H groups in total. The average Bonchev–Trinajstić information content (AvgIpc) is 2.16. The number of carbonyl (C=O) groups is 2. The predicted octanol–water partition coefficient (Wildman–Crippen LogP) is 1.34. The first-order valence-corrected chi connectivity index (χ1v) is 5.31. The van der Waals surface area contributed by atoms with Gasteiger partial charge in [0.25, 0.3) is 0 Å². The lowest BCUT2D eigenvalue weighted by atomic mass is 10.1. The maximum atomic E-state index is 11.3. The van der Waals surface area contributed by atoms with Crippen LogP contribution < -0.4 is 10.6 Å². The van der Waals surface area contributed by atoms with Crippen molar-refractivity contribution in [2.45, 2.75) is 52.1 Å². The van der Waals surface area contributed by atoms with Gasteiger partial charge in [0.05, 0.1) is 0 Å². The Morgan fingerprint density at radius 2 is 1.87 bits per heavy atom. The summed E-state index contributed by atoms with van der Waals surface area (Å²) in [6.07, 6.45) is 2.75. The molecule has 0 fully saturated rings. The summed E-state index contributed by atoms with van der Waals surface area (Å²) in [5.41, 5.74) is 0. The Bertz CT molecular complexity index is 219. The van der Waals surface area contributed by atoms with E-state index in [0.29, 0.717) is 0 Å². The van der Waals surface area contributed by atoms with Crippen molar-refractivity contribution in [3.05, 3.63) is 0 Å². The third-order valence-electron chi connectivity index (χ3n) is 2.18. The molecule has 0 aromatic heterocycles. The van der Waals surface area contributed by atoms with Crippen molar-refractivity contribution >= 4 is 12.0 Å². The molecule has 5 nitrogen and oxygen atoms in total. The summed E-state index contributed by atoms with van der Waals surface area (Å²) in [6, 6.07) is -1.15. The zero-order valence-corrected chi connectivity index (χ0v) is 9.54. The van der Waals surface area contributed by atoms with Crippen molar-refractivity contribution in [1.82, 2.24) is 10.6 Å². The number of carbonyl (C=O) groups excluding carboxylic acids is 1. The van der Waals surface area contributed by atoms with E-state index in [1.165, 1.54) is 6.92 Å². The minimum atomic E-state index is -1.03. The van der Waals surface area contributed by atoms with Crippen molar-refractivity contribution in [1.29, 1.82) is 0 Å². The fraction of sp³-hybridized carbons (Fsp3) is 0.800. The van der Waals surface area contributed by atoms with Crippen molar-refractivity contribution in [2.24, 2.45) is 0 Å². The van der Waals surface area contributed by atoms with Crippen LogP contribution in [-0.4, -0.2) is 29.2 Å². The molecule has 0 saturated heterocycles. The van der Waals surface area contributed by atoms with Gasteiger partial charge in [-0.25, -0.2) is 4.79 Å². The standard InChI is InChI=1S/C10H20N2O3/c1-4-6-8(5-2)12-10(15)11-7(3)9(13)14/h7-8H,4-6H2,1-3H3,(H,13,14)(H2,11,12,15). The number of amides is 2. The second-order valence-corrected chi connectivity index (χ2v) is 3.57. The number of urea groups is 1. The second kappa shape index (κ2) is 7.09. The van der Waals surface area contributed by atoms with E-state index in [1.807, 2.05) is 13.8 Å². The Kier molecular flexibility index (Phi) is 6.49. The lowest BCUT2D eigenvalue weighted by Crippen LogP contribution is -2.47. The highest BCUT2D eigenvalue weighted by atomic mass is 16.4. The number of aliphatic carboxylic acids is 1. The molecule has 0 bridgehead atoms. The van der Waals surface area contributed by atoms with E-state index >= 15 is 0 Å². The van der Waals surface area contributed by atoms with Crippen molar-refractivity contribution in [2.75, 3.05) is 0 Å². The van der Waals surface area contributed by atoms with Crippen molar-refractivity contribution < 1.29 is 14.7 Å². The summed E-state index contributed by atoms with van der Waals surface area (Å²) in [7, 11) is 0. The smallest absolute Gasteiger partial charge is 0.325 e. The topological polar surface area (TPSA) is 78.4 Å². The Labute approximate surface area is 90.2 Å². The summed E-state index contributed by atoms with van der Waals surface area (Å²) >= 11 is 0. The van der Waals surface area contributed by atoms with Crippen LogP contribution in [0.3, 0.4) is 0 Å². The molecule has 0 aromatic carbocycles. The molecule has 0 radical (unpaired) electrons. The van der Waals surface area contributed by atoms with Gasteiger partial charge in [0.2, 0.25) is 0 Å². The van der Waals surface area contributed by atoms with Gasteiger partial charge >= 0.3 is 12.0 Å². The van der Waals surface area contributed by atoms with Crippen molar-refractivity contribution in [3.8, 4) is 0 Å². The van der Waals surface area contributed by atoms with E-state index < -0.39 is 18.0 Å². The normalized spacial score (nSPS) is 14.1. The van der Waals surface area contributed by atoms with E-state index in [1.54, 1.807) is 0 Å². The molecule has 0 rings (SSSR count). The van der Waals surface area contributed by atoms with E-state index in [4.69, 9.17) is 5.11 Å². The lowest BCUT2D eigenvalue weighted by Gasteiger charge is -2.17. The Morgan fingerprint density at radius 1 is 1.27 bits per heavy atom. The third-order valence-corrected chi connectivity index (χ3v) is 2.18. The van der Waals surface area contributed by atoms with Crippen LogP contribution in [0.5, 0.6) is 0 Å². The van der Waals surface area contributed by atoms with Gasteiger partial charge in [0, 0.05) is 6.04 Å². The highest BCUT2D eigenvalue weighted by molar-refractivity contribution is 5.82. The van der Waals surface area contributed by atoms with Gasteiger partial charge in [-0.15, -0.1) is 0 Å². The highest BCUT2D eigenvalue weighted by Crippen LogP contribution is 2.00. The van der Waals surface area contributed by atoms with E-state index in [9.17, 15) is 9.59 Å². The van der Waals surface area contributed by atoms with Gasteiger partial charge in [-0.05, 0) is 19.8 Å². The van der Waals surface area contributed by atoms with Gasteiger partial charge < -0.3 is 15.7 Å². The third kappa shape index (κ3) is 5.93. The monoisotopic (exact) mass is 216 g/mol. The lowest BCUT2D eigenvalue weighted by molar-refractivity contribution is -0.138. The molecule has 0 aliphatic heterocycles. The van der Waals surface area contributed by atoms with Gasteiger partial charge in [0.15, 0.2) is 0 Å². The molecule has 0 aliphatic rings. The summed E-state index contributed by atoms with van der Waals surface area (Å²) in [6.45, 7) is 5.46. The molecule has 2 amide bonds. The zero-order chi connectivity index (χ0) is 11.8. The first-order valence-electron chi connectivity index (χ1n) is 5.31. The van der Waals surface area contributed by atoms with E-state index in [2.05, 4.69) is 10.6 Å². The highest BCUT2D eigenvalue weighted by Gasteiger charge is 2.15. The molecule has 0 spiro atoms. The van der Waals surface area contributed by atoms with Crippen molar-refractivity contribution in [3.63, 3.8) is 0 Å². The van der Waals surface area contributed by atoms with Crippen LogP contribution in [0, 0.1) is 0 Å². The van der Waals surface area contributed by atoms with Gasteiger partial charge in [-0.2, -0.15) is 0 Å². The summed E-state index contributed by atoms with van der Waals surface area (Å²) in [4.78, 5) is 21.8. The number of carboxylic acid groups (broad SMARTS) is 1. The van der Waals surface area contributed by atoms with Crippen LogP contribution in [0.15, 0.2) is 0 Å². The summed E-state index contributed by atoms with van der Waals surface area (Å²) < 4.78 is 0. The molecule has 0 aromatic rings. The minimum Gasteiger partial charge on any atom is -0.480 e.